The maximum absolute atomic E-state index is 13.8. The lowest BCUT2D eigenvalue weighted by Crippen LogP contribution is -2.43. The summed E-state index contributed by atoms with van der Waals surface area (Å²) in [4.78, 5) is 11.4. The highest BCUT2D eigenvalue weighted by Crippen LogP contribution is 2.40. The van der Waals surface area contributed by atoms with E-state index >= 15 is 0 Å². The first kappa shape index (κ1) is 17.7. The number of halogens is 3. The first-order chi connectivity index (χ1) is 11.8. The van der Waals surface area contributed by atoms with Crippen molar-refractivity contribution in [2.45, 2.75) is 38.9 Å². The SMILES string of the molecule is CC(C)Cc1ccc2c([C@H](N3CCC(=O)N3)C(F)(F)F)cccc2c1. The van der Waals surface area contributed by atoms with Crippen molar-refractivity contribution < 1.29 is 18.0 Å². The van der Waals surface area contributed by atoms with Crippen LogP contribution >= 0.6 is 0 Å². The van der Waals surface area contributed by atoms with Crippen LogP contribution in [0.2, 0.25) is 0 Å². The molecule has 0 aromatic heterocycles. The van der Waals surface area contributed by atoms with Crippen LogP contribution in [0.3, 0.4) is 0 Å². The van der Waals surface area contributed by atoms with E-state index in [-0.39, 0.29) is 24.4 Å². The van der Waals surface area contributed by atoms with Gasteiger partial charge in [0.25, 0.3) is 0 Å². The van der Waals surface area contributed by atoms with Crippen LogP contribution in [0.25, 0.3) is 10.8 Å². The van der Waals surface area contributed by atoms with Crippen LogP contribution in [0.4, 0.5) is 13.2 Å². The minimum atomic E-state index is -4.48. The quantitative estimate of drug-likeness (QED) is 0.888. The molecule has 3 rings (SSSR count). The molecule has 6 heteroatoms. The topological polar surface area (TPSA) is 32.3 Å². The number of carbonyl (C=O) groups excluding carboxylic acids is 1. The molecule has 1 amide bonds. The van der Waals surface area contributed by atoms with E-state index in [1.54, 1.807) is 12.1 Å². The van der Waals surface area contributed by atoms with Crippen molar-refractivity contribution in [1.29, 1.82) is 0 Å². The molecule has 1 N–H and O–H groups in total. The number of alkyl halides is 3. The lowest BCUT2D eigenvalue weighted by Gasteiger charge is -2.30. The Morgan fingerprint density at radius 3 is 2.56 bits per heavy atom. The molecule has 0 aliphatic carbocycles. The molecule has 1 heterocycles. The van der Waals surface area contributed by atoms with Crippen LogP contribution < -0.4 is 5.43 Å². The van der Waals surface area contributed by atoms with Gasteiger partial charge in [-0.15, -0.1) is 0 Å². The monoisotopic (exact) mass is 350 g/mol. The molecule has 1 atom stereocenters. The van der Waals surface area contributed by atoms with E-state index in [1.165, 1.54) is 6.07 Å². The summed E-state index contributed by atoms with van der Waals surface area (Å²) in [6.45, 7) is 4.26. The predicted octanol–water partition coefficient (Wildman–Crippen LogP) is 4.38. The van der Waals surface area contributed by atoms with E-state index in [0.29, 0.717) is 11.3 Å². The fraction of sp³-hybridized carbons (Fsp3) is 0.421. The van der Waals surface area contributed by atoms with Crippen LogP contribution in [0, 0.1) is 5.92 Å². The lowest BCUT2D eigenvalue weighted by atomic mass is 9.94. The zero-order valence-corrected chi connectivity index (χ0v) is 14.2. The number of benzene rings is 2. The maximum Gasteiger partial charge on any atom is 0.409 e. The van der Waals surface area contributed by atoms with Gasteiger partial charge in [0, 0.05) is 13.0 Å². The van der Waals surface area contributed by atoms with E-state index in [4.69, 9.17) is 0 Å². The second-order valence-corrected chi connectivity index (χ2v) is 6.92. The van der Waals surface area contributed by atoms with Crippen molar-refractivity contribution in [3.63, 3.8) is 0 Å². The van der Waals surface area contributed by atoms with Gasteiger partial charge in [-0.1, -0.05) is 50.2 Å². The third-order valence-corrected chi connectivity index (χ3v) is 4.39. The molecular weight excluding hydrogens is 329 g/mol. The molecule has 0 spiro atoms. The first-order valence-corrected chi connectivity index (χ1v) is 8.40. The molecule has 25 heavy (non-hydrogen) atoms. The minimum Gasteiger partial charge on any atom is -0.288 e. The number of amides is 1. The number of hydrogen-bond donors (Lipinski definition) is 1. The molecule has 0 saturated carbocycles. The van der Waals surface area contributed by atoms with Crippen molar-refractivity contribution in [2.24, 2.45) is 5.92 Å². The third kappa shape index (κ3) is 3.79. The van der Waals surface area contributed by atoms with Crippen molar-refractivity contribution in [3.8, 4) is 0 Å². The molecule has 0 unspecified atom stereocenters. The number of carbonyl (C=O) groups is 1. The summed E-state index contributed by atoms with van der Waals surface area (Å²) in [5, 5.41) is 2.35. The molecule has 3 nitrogen and oxygen atoms in total. The Kier molecular flexibility index (Phi) is 4.73. The minimum absolute atomic E-state index is 0.0465. The van der Waals surface area contributed by atoms with Crippen molar-refractivity contribution in [1.82, 2.24) is 10.4 Å². The van der Waals surface area contributed by atoms with Gasteiger partial charge in [0.05, 0.1) is 0 Å². The Labute approximate surface area is 144 Å². The average molecular weight is 350 g/mol. The van der Waals surface area contributed by atoms with E-state index in [9.17, 15) is 18.0 Å². The number of rotatable bonds is 4. The summed E-state index contributed by atoms with van der Waals surface area (Å²) in [6, 6.07) is 8.73. The van der Waals surface area contributed by atoms with Gasteiger partial charge in [-0.3, -0.25) is 10.2 Å². The van der Waals surface area contributed by atoms with Crippen LogP contribution in [0.15, 0.2) is 36.4 Å². The van der Waals surface area contributed by atoms with Crippen molar-refractivity contribution in [3.05, 3.63) is 47.5 Å². The molecule has 134 valence electrons. The molecule has 2 aromatic carbocycles. The molecule has 1 fully saturated rings. The Morgan fingerprint density at radius 1 is 1.20 bits per heavy atom. The molecule has 1 saturated heterocycles. The Morgan fingerprint density at radius 2 is 1.96 bits per heavy atom. The second kappa shape index (κ2) is 6.67. The van der Waals surface area contributed by atoms with Crippen LogP contribution in [0.1, 0.15) is 37.4 Å². The van der Waals surface area contributed by atoms with Gasteiger partial charge in [-0.05, 0) is 34.2 Å². The highest BCUT2D eigenvalue weighted by molar-refractivity contribution is 5.87. The van der Waals surface area contributed by atoms with Gasteiger partial charge in [0.1, 0.15) is 0 Å². The number of nitrogens with zero attached hydrogens (tertiary/aromatic N) is 1. The zero-order valence-electron chi connectivity index (χ0n) is 14.2. The predicted molar refractivity (Wildman–Crippen MR) is 90.8 cm³/mol. The summed E-state index contributed by atoms with van der Waals surface area (Å²) in [7, 11) is 0. The summed E-state index contributed by atoms with van der Waals surface area (Å²) in [5.74, 6) is 0.0945. The van der Waals surface area contributed by atoms with E-state index in [2.05, 4.69) is 19.3 Å². The molecule has 0 bridgehead atoms. The molecule has 0 radical (unpaired) electrons. The van der Waals surface area contributed by atoms with Gasteiger partial charge in [-0.2, -0.15) is 13.2 Å². The Balaban J connectivity index is 2.07. The molecule has 1 aliphatic rings. The standard InChI is InChI=1S/C19H21F3N2O/c1-12(2)10-13-6-7-15-14(11-13)4-3-5-16(15)18(19(20,21)22)24-9-8-17(25)23-24/h3-7,11-12,18H,8-10H2,1-2H3,(H,23,25)/t18-/m0/s1. The second-order valence-electron chi connectivity index (χ2n) is 6.92. The fourth-order valence-electron chi connectivity index (χ4n) is 3.40. The zero-order chi connectivity index (χ0) is 18.2. The van der Waals surface area contributed by atoms with Crippen LogP contribution in [-0.2, 0) is 11.2 Å². The number of fused-ring (bicyclic) bond motifs is 1. The fourth-order valence-corrected chi connectivity index (χ4v) is 3.40. The summed E-state index contributed by atoms with van der Waals surface area (Å²) >= 11 is 0. The van der Waals surface area contributed by atoms with Crippen molar-refractivity contribution >= 4 is 16.7 Å². The van der Waals surface area contributed by atoms with E-state index in [0.717, 1.165) is 22.4 Å². The normalized spacial score (nSPS) is 17.3. The average Bonchev–Trinajstić information content (AvgIpc) is 2.91. The van der Waals surface area contributed by atoms with Gasteiger partial charge >= 0.3 is 6.18 Å². The summed E-state index contributed by atoms with van der Waals surface area (Å²) < 4.78 is 41.3. The van der Waals surface area contributed by atoms with Crippen molar-refractivity contribution in [2.75, 3.05) is 6.54 Å². The molecular formula is C19H21F3N2O. The number of hydrogen-bond acceptors (Lipinski definition) is 2. The smallest absolute Gasteiger partial charge is 0.288 e. The van der Waals surface area contributed by atoms with Gasteiger partial charge in [-0.25, -0.2) is 5.01 Å². The Hall–Kier alpha value is -2.08. The van der Waals surface area contributed by atoms with Gasteiger partial charge < -0.3 is 0 Å². The third-order valence-electron chi connectivity index (χ3n) is 4.39. The highest BCUT2D eigenvalue weighted by Gasteiger charge is 2.47. The van der Waals surface area contributed by atoms with Gasteiger partial charge in [0.2, 0.25) is 5.91 Å². The maximum atomic E-state index is 13.8. The largest absolute Gasteiger partial charge is 0.409 e. The van der Waals surface area contributed by atoms with Crippen LogP contribution in [-0.4, -0.2) is 23.6 Å². The first-order valence-electron chi connectivity index (χ1n) is 8.40. The molecule has 1 aliphatic heterocycles. The number of hydrazine groups is 1. The van der Waals surface area contributed by atoms with E-state index in [1.807, 2.05) is 18.2 Å². The van der Waals surface area contributed by atoms with E-state index < -0.39 is 12.2 Å². The number of nitrogens with one attached hydrogen (secondary N) is 1. The highest BCUT2D eigenvalue weighted by atomic mass is 19.4. The summed E-state index contributed by atoms with van der Waals surface area (Å²) in [6.07, 6.45) is -3.52. The summed E-state index contributed by atoms with van der Waals surface area (Å²) in [5.41, 5.74) is 3.61. The van der Waals surface area contributed by atoms with Crippen LogP contribution in [0.5, 0.6) is 0 Å². The lowest BCUT2D eigenvalue weighted by molar-refractivity contribution is -0.190. The molecule has 2 aromatic rings. The van der Waals surface area contributed by atoms with Gasteiger partial charge in [0.15, 0.2) is 6.04 Å². The Bertz CT molecular complexity index is 786.